The van der Waals surface area contributed by atoms with Crippen molar-refractivity contribution in [1.29, 1.82) is 0 Å². The van der Waals surface area contributed by atoms with Gasteiger partial charge >= 0.3 is 0 Å². The third kappa shape index (κ3) is 7.03. The first-order valence-electron chi connectivity index (χ1n) is 9.62. The molecule has 2 aromatic carbocycles. The molecule has 2 N–H and O–H groups in total. The summed E-state index contributed by atoms with van der Waals surface area (Å²) in [6.45, 7) is 6.83. The molecule has 0 amide bonds. The van der Waals surface area contributed by atoms with Crippen molar-refractivity contribution < 1.29 is 44.1 Å². The summed E-state index contributed by atoms with van der Waals surface area (Å²) in [5, 5.41) is 0. The van der Waals surface area contributed by atoms with E-state index in [2.05, 4.69) is 60.7 Å². The van der Waals surface area contributed by atoms with Crippen LogP contribution in [-0.2, 0) is 9.47 Å². The monoisotopic (exact) mass is 426 g/mol. The number of ether oxygens (including phenoxy) is 2. The molecular formula is C22H32Cl2N2O2. The Morgan fingerprint density at radius 3 is 1.25 bits per heavy atom. The first-order valence-corrected chi connectivity index (χ1v) is 9.62. The molecule has 0 spiro atoms. The quantitative estimate of drug-likeness (QED) is 0.440. The van der Waals surface area contributed by atoms with E-state index < -0.39 is 0 Å². The number of benzene rings is 2. The average molecular weight is 427 g/mol. The summed E-state index contributed by atoms with van der Waals surface area (Å²) >= 11 is 0. The molecule has 1 saturated heterocycles. The number of halogens is 2. The Kier molecular flexibility index (Phi) is 11.7. The summed E-state index contributed by atoms with van der Waals surface area (Å²) in [7, 11) is 3.64. The highest BCUT2D eigenvalue weighted by Crippen LogP contribution is 2.14. The lowest BCUT2D eigenvalue weighted by atomic mass is 10.1. The smallest absolute Gasteiger partial charge is 0.131 e. The van der Waals surface area contributed by atoms with Gasteiger partial charge < -0.3 is 44.1 Å². The molecule has 1 aliphatic rings. The van der Waals surface area contributed by atoms with Gasteiger partial charge in [0.1, 0.15) is 51.5 Å². The minimum atomic E-state index is 0. The maximum absolute atomic E-state index is 5.76. The van der Waals surface area contributed by atoms with Gasteiger partial charge in [0.25, 0.3) is 0 Å². The second-order valence-corrected chi connectivity index (χ2v) is 7.18. The maximum Gasteiger partial charge on any atom is 0.131 e. The van der Waals surface area contributed by atoms with Crippen LogP contribution in [0.4, 0.5) is 0 Å². The van der Waals surface area contributed by atoms with Crippen molar-refractivity contribution in [1.82, 2.24) is 0 Å². The van der Waals surface area contributed by atoms with Crippen molar-refractivity contribution in [3.63, 3.8) is 0 Å². The van der Waals surface area contributed by atoms with Crippen LogP contribution in [0.1, 0.15) is 23.3 Å². The molecule has 2 atom stereocenters. The Hall–Kier alpha value is -1.14. The number of rotatable bonds is 8. The molecule has 2 unspecified atom stereocenters. The standard InChI is InChI=1S/C22H30N2O2.2ClH/c1-25-21(19-9-5-3-6-10-19)17-23-13-15-24(16-14-23)18-22(26-2)20-11-7-4-8-12-20;;/h3-12,21-22H,13-18H2,1-2H3;2*1H. The van der Waals surface area contributed by atoms with E-state index in [1.54, 1.807) is 9.80 Å². The number of piperazine rings is 1. The van der Waals surface area contributed by atoms with Crippen LogP contribution in [0.25, 0.3) is 0 Å². The molecule has 2 aromatic rings. The molecule has 0 saturated carbocycles. The molecule has 28 heavy (non-hydrogen) atoms. The van der Waals surface area contributed by atoms with E-state index >= 15 is 0 Å². The van der Waals surface area contributed by atoms with Gasteiger partial charge in [0.15, 0.2) is 0 Å². The van der Waals surface area contributed by atoms with Gasteiger partial charge in [-0.15, -0.1) is 0 Å². The van der Waals surface area contributed by atoms with Crippen LogP contribution in [-0.4, -0.2) is 53.5 Å². The largest absolute Gasteiger partial charge is 1.00 e. The average Bonchev–Trinajstić information content (AvgIpc) is 2.72. The molecule has 0 bridgehead atoms. The summed E-state index contributed by atoms with van der Waals surface area (Å²) < 4.78 is 11.5. The minimum absolute atomic E-state index is 0. The maximum atomic E-state index is 5.76. The normalized spacial score (nSPS) is 21.1. The minimum Gasteiger partial charge on any atom is -1.00 e. The molecule has 4 nitrogen and oxygen atoms in total. The summed E-state index contributed by atoms with van der Waals surface area (Å²) in [5.74, 6) is 0. The van der Waals surface area contributed by atoms with Gasteiger partial charge in [-0.3, -0.25) is 0 Å². The molecule has 156 valence electrons. The number of nitrogens with one attached hydrogen (secondary N) is 2. The molecule has 0 aromatic heterocycles. The van der Waals surface area contributed by atoms with Crippen molar-refractivity contribution in [2.45, 2.75) is 12.2 Å². The highest BCUT2D eigenvalue weighted by Gasteiger charge is 2.28. The number of hydrogen-bond donors (Lipinski definition) is 2. The first-order chi connectivity index (χ1) is 12.8. The Morgan fingerprint density at radius 2 is 0.964 bits per heavy atom. The van der Waals surface area contributed by atoms with Gasteiger partial charge in [-0.05, 0) is 11.1 Å². The second-order valence-electron chi connectivity index (χ2n) is 7.18. The fourth-order valence-corrected chi connectivity index (χ4v) is 3.90. The molecule has 1 fully saturated rings. The van der Waals surface area contributed by atoms with E-state index in [-0.39, 0.29) is 37.0 Å². The van der Waals surface area contributed by atoms with Gasteiger partial charge in [-0.2, -0.15) is 0 Å². The molecule has 3 rings (SSSR count). The first kappa shape index (κ1) is 24.9. The number of hydrogen-bond acceptors (Lipinski definition) is 2. The van der Waals surface area contributed by atoms with Crippen LogP contribution in [0.3, 0.4) is 0 Å². The van der Waals surface area contributed by atoms with Crippen molar-refractivity contribution in [2.24, 2.45) is 0 Å². The third-order valence-corrected chi connectivity index (χ3v) is 5.52. The fourth-order valence-electron chi connectivity index (χ4n) is 3.90. The Bertz CT molecular complexity index is 580. The summed E-state index contributed by atoms with van der Waals surface area (Å²) in [4.78, 5) is 3.27. The SMILES string of the molecule is COC(C[NH+]1CC[NH+](CC(OC)c2ccccc2)CC1)c1ccccc1.[Cl-].[Cl-]. The van der Waals surface area contributed by atoms with Gasteiger partial charge in [0, 0.05) is 14.2 Å². The Labute approximate surface area is 181 Å². The zero-order valence-corrected chi connectivity index (χ0v) is 18.3. The van der Waals surface area contributed by atoms with E-state index in [4.69, 9.17) is 9.47 Å². The molecular weight excluding hydrogens is 395 g/mol. The van der Waals surface area contributed by atoms with Crippen LogP contribution in [0, 0.1) is 0 Å². The highest BCUT2D eigenvalue weighted by atomic mass is 35.5. The van der Waals surface area contributed by atoms with Gasteiger partial charge in [-0.1, -0.05) is 60.7 Å². The van der Waals surface area contributed by atoms with E-state index in [9.17, 15) is 0 Å². The Balaban J connectivity index is 0.00000196. The van der Waals surface area contributed by atoms with Crippen LogP contribution in [0.5, 0.6) is 0 Å². The van der Waals surface area contributed by atoms with Crippen LogP contribution in [0.15, 0.2) is 60.7 Å². The molecule has 0 aliphatic carbocycles. The molecule has 6 heteroatoms. The van der Waals surface area contributed by atoms with Gasteiger partial charge in [0.2, 0.25) is 0 Å². The van der Waals surface area contributed by atoms with Crippen LogP contribution < -0.4 is 34.6 Å². The lowest BCUT2D eigenvalue weighted by molar-refractivity contribution is -1.01. The van der Waals surface area contributed by atoms with Gasteiger partial charge in [-0.25, -0.2) is 0 Å². The van der Waals surface area contributed by atoms with Crippen LogP contribution in [0.2, 0.25) is 0 Å². The second kappa shape index (κ2) is 13.2. The van der Waals surface area contributed by atoms with E-state index in [1.807, 2.05) is 14.2 Å². The van der Waals surface area contributed by atoms with Crippen molar-refractivity contribution in [3.05, 3.63) is 71.8 Å². The van der Waals surface area contributed by atoms with E-state index in [0.29, 0.717) is 0 Å². The lowest BCUT2D eigenvalue weighted by Gasteiger charge is -2.33. The fraction of sp³-hybridized carbons (Fsp3) is 0.455. The van der Waals surface area contributed by atoms with Crippen molar-refractivity contribution >= 4 is 0 Å². The summed E-state index contributed by atoms with van der Waals surface area (Å²) in [6, 6.07) is 21.1. The van der Waals surface area contributed by atoms with E-state index in [1.165, 1.54) is 37.3 Å². The summed E-state index contributed by atoms with van der Waals surface area (Å²) in [6.07, 6.45) is 0.368. The topological polar surface area (TPSA) is 27.3 Å². The lowest BCUT2D eigenvalue weighted by Crippen LogP contribution is -3.28. The van der Waals surface area contributed by atoms with E-state index in [0.717, 1.165) is 13.1 Å². The molecule has 1 aliphatic heterocycles. The molecule has 0 radical (unpaired) electrons. The predicted molar refractivity (Wildman–Crippen MR) is 104 cm³/mol. The Morgan fingerprint density at radius 1 is 0.643 bits per heavy atom. The third-order valence-electron chi connectivity index (χ3n) is 5.52. The molecule has 1 heterocycles. The number of quaternary nitrogens is 2. The number of methoxy groups -OCH3 is 2. The van der Waals surface area contributed by atoms with Gasteiger partial charge in [0.05, 0.1) is 0 Å². The summed E-state index contributed by atoms with van der Waals surface area (Å²) in [5.41, 5.74) is 2.56. The highest BCUT2D eigenvalue weighted by molar-refractivity contribution is 5.18. The zero-order chi connectivity index (χ0) is 18.2. The van der Waals surface area contributed by atoms with Crippen molar-refractivity contribution in [3.8, 4) is 0 Å². The zero-order valence-electron chi connectivity index (χ0n) is 16.7. The van der Waals surface area contributed by atoms with Crippen molar-refractivity contribution in [2.75, 3.05) is 53.5 Å². The van der Waals surface area contributed by atoms with Crippen LogP contribution >= 0.6 is 0 Å². The predicted octanol–water partition coefficient (Wildman–Crippen LogP) is -5.45.